The number of nitrogens with one attached hydrogen (secondary N) is 1. The first kappa shape index (κ1) is 18.1. The molecule has 0 unspecified atom stereocenters. The monoisotopic (exact) mass is 392 g/mol. The topological polar surface area (TPSA) is 49.4 Å². The second kappa shape index (κ2) is 8.59. The number of anilines is 1. The van der Waals surface area contributed by atoms with Gasteiger partial charge in [-0.15, -0.1) is 0 Å². The molecule has 0 fully saturated rings. The maximum absolute atomic E-state index is 13.8. The molecule has 0 heterocycles. The maximum Gasteiger partial charge on any atom is 0.224 e. The molecule has 0 aromatic heterocycles. The number of amides is 2. The highest BCUT2D eigenvalue weighted by Crippen LogP contribution is 2.18. The molecule has 0 spiro atoms. The van der Waals surface area contributed by atoms with E-state index in [0.29, 0.717) is 0 Å². The van der Waals surface area contributed by atoms with Crippen LogP contribution in [0.3, 0.4) is 0 Å². The molecule has 1 N–H and O–H groups in total. The van der Waals surface area contributed by atoms with Crippen molar-refractivity contribution in [2.75, 3.05) is 18.0 Å². The molecular weight excluding hydrogens is 375 g/mol. The first-order chi connectivity index (χ1) is 11.5. The van der Waals surface area contributed by atoms with Crippen LogP contribution in [0.15, 0.2) is 53.0 Å². The molecule has 2 aromatic carbocycles. The molecule has 2 rings (SSSR count). The summed E-state index contributed by atoms with van der Waals surface area (Å²) in [6.07, 6.45) is 0.237. The van der Waals surface area contributed by atoms with E-state index in [0.717, 1.165) is 10.0 Å². The van der Waals surface area contributed by atoms with Crippen LogP contribution in [0.1, 0.15) is 12.5 Å². The van der Waals surface area contributed by atoms with Crippen LogP contribution in [0.2, 0.25) is 0 Å². The van der Waals surface area contributed by atoms with Gasteiger partial charge in [-0.1, -0.05) is 46.3 Å². The Hall–Kier alpha value is -2.21. The van der Waals surface area contributed by atoms with Crippen LogP contribution in [0.4, 0.5) is 10.1 Å². The van der Waals surface area contributed by atoms with Gasteiger partial charge in [0.2, 0.25) is 11.8 Å². The molecule has 0 atom stereocenters. The summed E-state index contributed by atoms with van der Waals surface area (Å²) in [6, 6.07) is 13.6. The van der Waals surface area contributed by atoms with Gasteiger partial charge in [-0.3, -0.25) is 9.59 Å². The van der Waals surface area contributed by atoms with E-state index in [2.05, 4.69) is 21.2 Å². The molecule has 0 saturated carbocycles. The van der Waals surface area contributed by atoms with E-state index >= 15 is 0 Å². The minimum absolute atomic E-state index is 0.154. The Kier molecular flexibility index (Phi) is 6.49. The molecule has 0 aliphatic heterocycles. The summed E-state index contributed by atoms with van der Waals surface area (Å²) in [4.78, 5) is 25.1. The van der Waals surface area contributed by atoms with Crippen molar-refractivity contribution in [3.8, 4) is 0 Å². The highest BCUT2D eigenvalue weighted by molar-refractivity contribution is 9.10. The summed E-state index contributed by atoms with van der Waals surface area (Å²) in [5.74, 6) is -0.897. The SMILES string of the molecule is CC(=O)N(CCNC(=O)Cc1ccccc1Br)c1ccccc1F. The van der Waals surface area contributed by atoms with Crippen molar-refractivity contribution in [3.05, 3.63) is 64.4 Å². The molecule has 0 aliphatic carbocycles. The fraction of sp³-hybridized carbons (Fsp3) is 0.222. The molecule has 0 saturated heterocycles. The van der Waals surface area contributed by atoms with Gasteiger partial charge in [-0.2, -0.15) is 0 Å². The van der Waals surface area contributed by atoms with Gasteiger partial charge in [0.15, 0.2) is 0 Å². The Labute approximate surface area is 148 Å². The smallest absolute Gasteiger partial charge is 0.224 e. The van der Waals surface area contributed by atoms with Crippen molar-refractivity contribution >= 4 is 33.4 Å². The number of carbonyl (C=O) groups is 2. The number of halogens is 2. The summed E-state index contributed by atoms with van der Waals surface area (Å²) >= 11 is 3.40. The van der Waals surface area contributed by atoms with Crippen molar-refractivity contribution < 1.29 is 14.0 Å². The molecule has 0 aliphatic rings. The molecule has 2 aromatic rings. The van der Waals surface area contributed by atoms with Gasteiger partial charge in [-0.25, -0.2) is 4.39 Å². The van der Waals surface area contributed by atoms with E-state index in [1.54, 1.807) is 18.2 Å². The molecule has 6 heteroatoms. The molecule has 24 heavy (non-hydrogen) atoms. The summed E-state index contributed by atoms with van der Waals surface area (Å²) < 4.78 is 14.7. The Morgan fingerprint density at radius 2 is 1.79 bits per heavy atom. The van der Waals surface area contributed by atoms with Crippen LogP contribution < -0.4 is 10.2 Å². The minimum Gasteiger partial charge on any atom is -0.354 e. The van der Waals surface area contributed by atoms with E-state index < -0.39 is 5.82 Å². The van der Waals surface area contributed by atoms with Gasteiger partial charge in [0.05, 0.1) is 12.1 Å². The van der Waals surface area contributed by atoms with Gasteiger partial charge in [-0.05, 0) is 23.8 Å². The Bertz CT molecular complexity index is 736. The zero-order chi connectivity index (χ0) is 17.5. The summed E-state index contributed by atoms with van der Waals surface area (Å²) in [6.45, 7) is 1.82. The average molecular weight is 393 g/mol. The predicted molar refractivity (Wildman–Crippen MR) is 95.3 cm³/mol. The number of nitrogens with zero attached hydrogens (tertiary/aromatic N) is 1. The highest BCUT2D eigenvalue weighted by atomic mass is 79.9. The Morgan fingerprint density at radius 1 is 1.12 bits per heavy atom. The van der Waals surface area contributed by atoms with Crippen LogP contribution in [-0.4, -0.2) is 24.9 Å². The normalized spacial score (nSPS) is 10.3. The van der Waals surface area contributed by atoms with Crippen LogP contribution >= 0.6 is 15.9 Å². The van der Waals surface area contributed by atoms with Gasteiger partial charge in [0.1, 0.15) is 5.82 Å². The number of hydrogen-bond donors (Lipinski definition) is 1. The van der Waals surface area contributed by atoms with Crippen molar-refractivity contribution in [2.45, 2.75) is 13.3 Å². The van der Waals surface area contributed by atoms with Crippen LogP contribution in [0, 0.1) is 5.82 Å². The highest BCUT2D eigenvalue weighted by Gasteiger charge is 2.15. The molecule has 4 nitrogen and oxygen atoms in total. The first-order valence-electron chi connectivity index (χ1n) is 7.52. The predicted octanol–water partition coefficient (Wildman–Crippen LogP) is 3.30. The lowest BCUT2D eigenvalue weighted by Gasteiger charge is -2.21. The third-order valence-corrected chi connectivity index (χ3v) is 4.26. The lowest BCUT2D eigenvalue weighted by molar-refractivity contribution is -0.121. The zero-order valence-electron chi connectivity index (χ0n) is 13.3. The lowest BCUT2D eigenvalue weighted by atomic mass is 10.1. The number of para-hydroxylation sites is 1. The van der Waals surface area contributed by atoms with Crippen molar-refractivity contribution in [3.63, 3.8) is 0 Å². The van der Waals surface area contributed by atoms with Crippen LogP contribution in [0.5, 0.6) is 0 Å². The molecular formula is C18H18BrFN2O2. The lowest BCUT2D eigenvalue weighted by Crippen LogP contribution is -2.38. The van der Waals surface area contributed by atoms with E-state index in [-0.39, 0.29) is 37.0 Å². The molecule has 0 bridgehead atoms. The number of rotatable bonds is 6. The molecule has 126 valence electrons. The standard InChI is InChI=1S/C18H18BrFN2O2/c1-13(23)22(17-9-5-4-8-16(17)20)11-10-21-18(24)12-14-6-2-3-7-15(14)19/h2-9H,10-12H2,1H3,(H,21,24). The van der Waals surface area contributed by atoms with E-state index in [9.17, 15) is 14.0 Å². The van der Waals surface area contributed by atoms with E-state index in [1.165, 1.54) is 17.9 Å². The van der Waals surface area contributed by atoms with E-state index in [1.807, 2.05) is 24.3 Å². The van der Waals surface area contributed by atoms with Gasteiger partial charge >= 0.3 is 0 Å². The number of carbonyl (C=O) groups excluding carboxylic acids is 2. The summed E-state index contributed by atoms with van der Waals surface area (Å²) in [7, 11) is 0. The Balaban J connectivity index is 1.92. The first-order valence-corrected chi connectivity index (χ1v) is 8.31. The third kappa shape index (κ3) is 4.89. The second-order valence-corrected chi connectivity index (χ2v) is 6.09. The third-order valence-electron chi connectivity index (χ3n) is 3.49. The quantitative estimate of drug-likeness (QED) is 0.819. The fourth-order valence-corrected chi connectivity index (χ4v) is 2.73. The maximum atomic E-state index is 13.8. The molecule has 0 radical (unpaired) electrons. The van der Waals surface area contributed by atoms with Gasteiger partial charge in [0.25, 0.3) is 0 Å². The van der Waals surface area contributed by atoms with Crippen LogP contribution in [0.25, 0.3) is 0 Å². The number of hydrogen-bond acceptors (Lipinski definition) is 2. The average Bonchev–Trinajstić information content (AvgIpc) is 2.54. The second-order valence-electron chi connectivity index (χ2n) is 5.24. The summed E-state index contributed by atoms with van der Waals surface area (Å²) in [5.41, 5.74) is 1.09. The molecule has 2 amide bonds. The minimum atomic E-state index is -0.466. The van der Waals surface area contributed by atoms with Gasteiger partial charge < -0.3 is 10.2 Å². The fourth-order valence-electron chi connectivity index (χ4n) is 2.30. The van der Waals surface area contributed by atoms with Gasteiger partial charge in [0, 0.05) is 24.5 Å². The van der Waals surface area contributed by atoms with Crippen LogP contribution in [-0.2, 0) is 16.0 Å². The Morgan fingerprint density at radius 3 is 2.46 bits per heavy atom. The largest absolute Gasteiger partial charge is 0.354 e. The van der Waals surface area contributed by atoms with Crippen molar-refractivity contribution in [1.29, 1.82) is 0 Å². The number of benzene rings is 2. The summed E-state index contributed by atoms with van der Waals surface area (Å²) in [5, 5.41) is 2.76. The van der Waals surface area contributed by atoms with Crippen molar-refractivity contribution in [2.24, 2.45) is 0 Å². The van der Waals surface area contributed by atoms with Crippen molar-refractivity contribution in [1.82, 2.24) is 5.32 Å². The van der Waals surface area contributed by atoms with E-state index in [4.69, 9.17) is 0 Å². The zero-order valence-corrected chi connectivity index (χ0v) is 14.8.